The third-order valence-corrected chi connectivity index (χ3v) is 10.5. The Balaban J connectivity index is 1.28. The van der Waals surface area contributed by atoms with E-state index in [-0.39, 0.29) is 61.4 Å². The van der Waals surface area contributed by atoms with Crippen molar-refractivity contribution in [3.8, 4) is 11.5 Å². The molecule has 1 aromatic rings. The molecule has 7 atom stereocenters. The van der Waals surface area contributed by atoms with Crippen LogP contribution in [0.25, 0.3) is 0 Å². The van der Waals surface area contributed by atoms with Gasteiger partial charge in [-0.3, -0.25) is 19.2 Å². The zero-order valence-corrected chi connectivity index (χ0v) is 33.5. The minimum atomic E-state index is -1.17. The third-order valence-electron chi connectivity index (χ3n) is 10.5. The van der Waals surface area contributed by atoms with Gasteiger partial charge in [0.1, 0.15) is 22.6 Å². The van der Waals surface area contributed by atoms with Crippen molar-refractivity contribution in [2.45, 2.75) is 141 Å². The molecule has 4 aliphatic rings. The average molecular weight is 787 g/mol. The monoisotopic (exact) mass is 786 g/mol. The largest absolute Gasteiger partial charge is 0.509 e. The van der Waals surface area contributed by atoms with Gasteiger partial charge in [0.25, 0.3) is 11.8 Å². The standard InChI is InChI=1S/C40H54N2O14/c1-21-12-16-39-30-24-10-11-26(43)31(30)53-32(39)27(52-28(44)14-18-41-33(46)22(2)50-35(48)55-37(4,5)6)13-17-40(39,25(21)20-24)54-29(45)15-19-42-34(47)23(3)51-36(49)56-38(7,8)9/h10-11,13,21-23,25,32,43H,12,14-20H2,1-9H3,(H,41,46)(H,42,47)/t21?,22-,23-,25-,32-,39-,40+/m0/s1. The molecule has 3 N–H and O–H groups in total. The number of aromatic hydroxyl groups is 1. The van der Waals surface area contributed by atoms with Crippen molar-refractivity contribution < 1.29 is 67.0 Å². The highest BCUT2D eigenvalue weighted by Crippen LogP contribution is 2.69. The van der Waals surface area contributed by atoms with E-state index in [2.05, 4.69) is 17.6 Å². The minimum Gasteiger partial charge on any atom is -0.504 e. The number of phenols is 1. The van der Waals surface area contributed by atoms with Crippen molar-refractivity contribution >= 4 is 36.1 Å². The molecule has 2 bridgehead atoms. The highest BCUT2D eigenvalue weighted by Gasteiger charge is 2.74. The predicted octanol–water partition coefficient (Wildman–Crippen LogP) is 4.80. The summed E-state index contributed by atoms with van der Waals surface area (Å²) in [4.78, 5) is 76.2. The first-order valence-corrected chi connectivity index (χ1v) is 19.1. The molecular formula is C40H54N2O14. The second kappa shape index (κ2) is 15.8. The van der Waals surface area contributed by atoms with E-state index in [4.69, 9.17) is 33.2 Å². The zero-order chi connectivity index (χ0) is 41.4. The second-order valence-electron chi connectivity index (χ2n) is 16.9. The van der Waals surface area contributed by atoms with Crippen LogP contribution in [0.1, 0.15) is 106 Å². The molecule has 3 aliphatic carbocycles. The van der Waals surface area contributed by atoms with Crippen molar-refractivity contribution in [1.29, 1.82) is 0 Å². The molecular weight excluding hydrogens is 732 g/mol. The Hall–Kier alpha value is -5.02. The van der Waals surface area contributed by atoms with Crippen LogP contribution in [0.5, 0.6) is 11.5 Å². The van der Waals surface area contributed by atoms with E-state index in [9.17, 15) is 33.9 Å². The summed E-state index contributed by atoms with van der Waals surface area (Å²) < 4.78 is 39.2. The first kappa shape index (κ1) is 42.1. The van der Waals surface area contributed by atoms with E-state index in [0.717, 1.165) is 17.5 Å². The number of carbonyl (C=O) groups excluding carboxylic acids is 6. The highest BCUT2D eigenvalue weighted by molar-refractivity contribution is 5.83. The number of phenolic OH excluding ortho intramolecular Hbond substituents is 1. The first-order valence-electron chi connectivity index (χ1n) is 19.1. The molecule has 16 heteroatoms. The molecule has 5 rings (SSSR count). The maximum absolute atomic E-state index is 13.7. The summed E-state index contributed by atoms with van der Waals surface area (Å²) in [5, 5.41) is 16.2. The van der Waals surface area contributed by atoms with Crippen LogP contribution in [0.4, 0.5) is 9.59 Å². The summed E-state index contributed by atoms with van der Waals surface area (Å²) in [6.45, 7) is 14.7. The van der Waals surface area contributed by atoms with Gasteiger partial charge < -0.3 is 48.9 Å². The van der Waals surface area contributed by atoms with E-state index in [1.165, 1.54) is 13.8 Å². The fourth-order valence-electron chi connectivity index (χ4n) is 8.23. The molecule has 308 valence electrons. The van der Waals surface area contributed by atoms with Crippen LogP contribution in [0, 0.1) is 11.8 Å². The van der Waals surface area contributed by atoms with E-state index in [0.29, 0.717) is 12.8 Å². The summed E-state index contributed by atoms with van der Waals surface area (Å²) in [5.41, 5.74) is -2.06. The van der Waals surface area contributed by atoms with Gasteiger partial charge in [-0.1, -0.05) is 13.0 Å². The Bertz CT molecular complexity index is 1780. The molecule has 1 heterocycles. The number of nitrogens with one attached hydrogen (secondary N) is 2. The molecule has 1 aliphatic heterocycles. The quantitative estimate of drug-likeness (QED) is 0.192. The van der Waals surface area contributed by atoms with Gasteiger partial charge in [-0.25, -0.2) is 9.59 Å². The Labute approximate surface area is 326 Å². The highest BCUT2D eigenvalue weighted by atomic mass is 16.7. The Morgan fingerprint density at radius 1 is 0.875 bits per heavy atom. The van der Waals surface area contributed by atoms with Gasteiger partial charge in [-0.2, -0.15) is 0 Å². The van der Waals surface area contributed by atoms with E-state index in [1.807, 2.05) is 6.07 Å². The zero-order valence-electron chi connectivity index (χ0n) is 33.5. The van der Waals surface area contributed by atoms with Crippen molar-refractivity contribution in [2.24, 2.45) is 11.8 Å². The van der Waals surface area contributed by atoms with Crippen molar-refractivity contribution in [3.63, 3.8) is 0 Å². The lowest BCUT2D eigenvalue weighted by Gasteiger charge is -2.62. The molecule has 0 aromatic heterocycles. The SMILES string of the molecule is CC1CC[C@]23c4c5ccc(O)c4O[C@H]2C(OC(=O)CCNC(=O)[C@H](C)OC(=O)OC(C)(C)C)=CC[C@@]3(OC(=O)CCNC(=O)[C@H](C)OC(=O)OC(C)(C)C)[C@H]1C5. The van der Waals surface area contributed by atoms with Crippen LogP contribution < -0.4 is 15.4 Å². The van der Waals surface area contributed by atoms with Gasteiger partial charge in [-0.05, 0) is 98.3 Å². The van der Waals surface area contributed by atoms with Crippen LogP contribution in [0.3, 0.4) is 0 Å². The minimum absolute atomic E-state index is 0.0906. The van der Waals surface area contributed by atoms with Crippen LogP contribution >= 0.6 is 0 Å². The third kappa shape index (κ3) is 8.68. The number of amides is 2. The van der Waals surface area contributed by atoms with Crippen molar-refractivity contribution in [2.75, 3.05) is 13.1 Å². The Morgan fingerprint density at radius 3 is 1.98 bits per heavy atom. The summed E-state index contributed by atoms with van der Waals surface area (Å²) in [6, 6.07) is 3.43. The van der Waals surface area contributed by atoms with Gasteiger partial charge in [-0.15, -0.1) is 0 Å². The van der Waals surface area contributed by atoms with Crippen LogP contribution in [-0.4, -0.2) is 89.4 Å². The maximum Gasteiger partial charge on any atom is 0.509 e. The smallest absolute Gasteiger partial charge is 0.504 e. The van der Waals surface area contributed by atoms with Crippen LogP contribution in [0.2, 0.25) is 0 Å². The fraction of sp³-hybridized carbons (Fsp3) is 0.650. The first-order chi connectivity index (χ1) is 26.1. The van der Waals surface area contributed by atoms with Gasteiger partial charge in [0.15, 0.2) is 29.8 Å². The number of carbonyl (C=O) groups is 6. The molecule has 2 amide bonds. The molecule has 0 saturated heterocycles. The molecule has 1 aromatic carbocycles. The molecule has 1 saturated carbocycles. The van der Waals surface area contributed by atoms with E-state index >= 15 is 0 Å². The van der Waals surface area contributed by atoms with Gasteiger partial charge >= 0.3 is 24.2 Å². The number of rotatable bonds is 12. The predicted molar refractivity (Wildman–Crippen MR) is 196 cm³/mol. The summed E-state index contributed by atoms with van der Waals surface area (Å²) in [7, 11) is 0. The van der Waals surface area contributed by atoms with Gasteiger partial charge in [0.05, 0.1) is 18.3 Å². The van der Waals surface area contributed by atoms with Crippen molar-refractivity contribution in [1.82, 2.24) is 10.6 Å². The molecule has 1 spiro atoms. The van der Waals surface area contributed by atoms with Crippen molar-refractivity contribution in [3.05, 3.63) is 35.1 Å². The molecule has 0 radical (unpaired) electrons. The second-order valence-corrected chi connectivity index (χ2v) is 16.9. The molecule has 16 nitrogen and oxygen atoms in total. The summed E-state index contributed by atoms with van der Waals surface area (Å²) in [6.07, 6.45) is -1.97. The fourth-order valence-corrected chi connectivity index (χ4v) is 8.23. The molecule has 1 unspecified atom stereocenters. The van der Waals surface area contributed by atoms with Crippen LogP contribution in [0.15, 0.2) is 24.0 Å². The van der Waals surface area contributed by atoms with Crippen LogP contribution in [-0.2, 0) is 59.4 Å². The summed E-state index contributed by atoms with van der Waals surface area (Å²) >= 11 is 0. The Kier molecular flexibility index (Phi) is 11.9. The van der Waals surface area contributed by atoms with Gasteiger partial charge in [0.2, 0.25) is 0 Å². The average Bonchev–Trinajstić information content (AvgIpc) is 3.43. The molecule has 1 fully saturated rings. The number of hydrogen-bond acceptors (Lipinski definition) is 14. The Morgan fingerprint density at radius 2 is 1.43 bits per heavy atom. The number of hydrogen-bond donors (Lipinski definition) is 3. The number of benzene rings is 1. The van der Waals surface area contributed by atoms with Gasteiger partial charge in [0, 0.05) is 31.0 Å². The topological polar surface area (TPSA) is 211 Å². The molecule has 56 heavy (non-hydrogen) atoms. The van der Waals surface area contributed by atoms with E-state index in [1.54, 1.807) is 53.7 Å². The lowest BCUT2D eigenvalue weighted by atomic mass is 9.44. The van der Waals surface area contributed by atoms with E-state index < -0.39 is 76.6 Å². The number of esters is 2. The number of ether oxygens (including phenoxy) is 7. The maximum atomic E-state index is 13.7. The lowest BCUT2D eigenvalue weighted by Crippen LogP contribution is -2.70. The normalized spacial score (nSPS) is 25.4. The summed E-state index contributed by atoms with van der Waals surface area (Å²) in [5.74, 6) is -2.14. The lowest BCUT2D eigenvalue weighted by molar-refractivity contribution is -0.208.